The summed E-state index contributed by atoms with van der Waals surface area (Å²) < 4.78 is 9.41. The SMILES string of the molecule is COC(=O)[C@@H](NC(=O)OCc1ccccc1)[C@H](O)CN=[N+]=[N-]. The molecule has 0 aliphatic rings. The Hall–Kier alpha value is -2.77. The summed E-state index contributed by atoms with van der Waals surface area (Å²) in [6.07, 6.45) is -2.33. The van der Waals surface area contributed by atoms with Gasteiger partial charge in [-0.15, -0.1) is 0 Å². The lowest BCUT2D eigenvalue weighted by Gasteiger charge is -2.20. The Bertz CT molecular complexity index is 545. The van der Waals surface area contributed by atoms with Crippen LogP contribution in [0.5, 0.6) is 0 Å². The number of benzene rings is 1. The summed E-state index contributed by atoms with van der Waals surface area (Å²) in [5.74, 6) is -0.877. The van der Waals surface area contributed by atoms with Gasteiger partial charge in [0.25, 0.3) is 0 Å². The number of nitrogens with one attached hydrogen (secondary N) is 1. The number of nitrogens with zero attached hydrogens (tertiary/aromatic N) is 3. The number of alkyl carbamates (subject to hydrolysis) is 1. The van der Waals surface area contributed by atoms with Gasteiger partial charge < -0.3 is 19.9 Å². The highest BCUT2D eigenvalue weighted by Crippen LogP contribution is 2.03. The van der Waals surface area contributed by atoms with Gasteiger partial charge in [-0.2, -0.15) is 0 Å². The maximum atomic E-state index is 11.7. The van der Waals surface area contributed by atoms with Gasteiger partial charge in [-0.05, 0) is 11.1 Å². The average molecular weight is 308 g/mol. The summed E-state index contributed by atoms with van der Waals surface area (Å²) in [6.45, 7) is -0.387. The zero-order valence-corrected chi connectivity index (χ0v) is 11.9. The third-order valence-corrected chi connectivity index (χ3v) is 2.66. The summed E-state index contributed by atoms with van der Waals surface area (Å²) >= 11 is 0. The molecule has 1 aromatic carbocycles. The number of hydrogen-bond donors (Lipinski definition) is 2. The second kappa shape index (κ2) is 9.22. The van der Waals surface area contributed by atoms with Crippen molar-refractivity contribution < 1.29 is 24.2 Å². The molecule has 1 rings (SSSR count). The number of carbonyl (C=O) groups is 2. The number of amides is 1. The monoisotopic (exact) mass is 308 g/mol. The van der Waals surface area contributed by atoms with Crippen molar-refractivity contribution in [2.45, 2.75) is 18.8 Å². The topological polar surface area (TPSA) is 134 Å². The van der Waals surface area contributed by atoms with Crippen molar-refractivity contribution >= 4 is 12.1 Å². The first kappa shape index (κ1) is 17.3. The molecule has 1 aromatic rings. The average Bonchev–Trinajstić information content (AvgIpc) is 2.55. The lowest BCUT2D eigenvalue weighted by Crippen LogP contribution is -2.50. The predicted molar refractivity (Wildman–Crippen MR) is 75.6 cm³/mol. The molecule has 0 radical (unpaired) electrons. The maximum absolute atomic E-state index is 11.7. The van der Waals surface area contributed by atoms with E-state index in [4.69, 9.17) is 10.3 Å². The van der Waals surface area contributed by atoms with Crippen LogP contribution < -0.4 is 5.32 Å². The summed E-state index contributed by atoms with van der Waals surface area (Å²) in [5.41, 5.74) is 8.97. The number of aliphatic hydroxyl groups excluding tert-OH is 1. The highest BCUT2D eigenvalue weighted by Gasteiger charge is 2.29. The molecule has 22 heavy (non-hydrogen) atoms. The molecule has 0 spiro atoms. The third-order valence-electron chi connectivity index (χ3n) is 2.66. The van der Waals surface area contributed by atoms with Crippen LogP contribution in [0.3, 0.4) is 0 Å². The molecule has 0 saturated heterocycles. The molecule has 1 amide bonds. The molecule has 0 unspecified atom stereocenters. The van der Waals surface area contributed by atoms with Crippen LogP contribution in [0.4, 0.5) is 4.79 Å². The second-order valence-corrected chi connectivity index (χ2v) is 4.19. The zero-order chi connectivity index (χ0) is 16.4. The Morgan fingerprint density at radius 3 is 2.68 bits per heavy atom. The molecule has 2 atom stereocenters. The van der Waals surface area contributed by atoms with E-state index in [1.54, 1.807) is 24.3 Å². The van der Waals surface area contributed by atoms with Crippen molar-refractivity contribution in [1.29, 1.82) is 0 Å². The first-order chi connectivity index (χ1) is 10.6. The summed E-state index contributed by atoms with van der Waals surface area (Å²) in [6, 6.07) is 7.54. The van der Waals surface area contributed by atoms with E-state index in [1.165, 1.54) is 0 Å². The van der Waals surface area contributed by atoms with Crippen LogP contribution >= 0.6 is 0 Å². The Morgan fingerprint density at radius 1 is 1.41 bits per heavy atom. The van der Waals surface area contributed by atoms with Gasteiger partial charge in [0.15, 0.2) is 6.04 Å². The van der Waals surface area contributed by atoms with Crippen molar-refractivity contribution in [3.63, 3.8) is 0 Å². The van der Waals surface area contributed by atoms with Gasteiger partial charge in [-0.1, -0.05) is 35.4 Å². The van der Waals surface area contributed by atoms with Gasteiger partial charge in [0.2, 0.25) is 0 Å². The number of aliphatic hydroxyl groups is 1. The van der Waals surface area contributed by atoms with E-state index in [-0.39, 0.29) is 6.61 Å². The van der Waals surface area contributed by atoms with Crippen LogP contribution in [-0.2, 0) is 20.9 Å². The Morgan fingerprint density at radius 2 is 2.09 bits per heavy atom. The van der Waals surface area contributed by atoms with E-state index >= 15 is 0 Å². The predicted octanol–water partition coefficient (Wildman–Crippen LogP) is 1.13. The van der Waals surface area contributed by atoms with E-state index in [0.717, 1.165) is 12.7 Å². The lowest BCUT2D eigenvalue weighted by atomic mass is 10.1. The quantitative estimate of drug-likeness (QED) is 0.337. The van der Waals surface area contributed by atoms with Gasteiger partial charge in [-0.25, -0.2) is 9.59 Å². The maximum Gasteiger partial charge on any atom is 0.408 e. The highest BCUT2D eigenvalue weighted by atomic mass is 16.6. The summed E-state index contributed by atoms with van der Waals surface area (Å²) in [4.78, 5) is 25.7. The summed E-state index contributed by atoms with van der Waals surface area (Å²) in [5, 5.41) is 15.1. The zero-order valence-electron chi connectivity index (χ0n) is 11.9. The highest BCUT2D eigenvalue weighted by molar-refractivity contribution is 5.81. The lowest BCUT2D eigenvalue weighted by molar-refractivity contribution is -0.145. The van der Waals surface area contributed by atoms with Gasteiger partial charge >= 0.3 is 12.1 Å². The Balaban J connectivity index is 2.58. The van der Waals surface area contributed by atoms with Crippen LogP contribution in [0.1, 0.15) is 5.56 Å². The van der Waals surface area contributed by atoms with E-state index < -0.39 is 30.8 Å². The Labute approximate surface area is 126 Å². The van der Waals surface area contributed by atoms with Crippen LogP contribution in [-0.4, -0.2) is 43.0 Å². The van der Waals surface area contributed by atoms with E-state index in [0.29, 0.717) is 0 Å². The molecule has 0 bridgehead atoms. The molecular weight excluding hydrogens is 292 g/mol. The molecule has 9 heteroatoms. The van der Waals surface area contributed by atoms with Gasteiger partial charge in [0.05, 0.1) is 19.8 Å². The van der Waals surface area contributed by atoms with E-state index in [1.807, 2.05) is 6.07 Å². The van der Waals surface area contributed by atoms with Gasteiger partial charge in [0.1, 0.15) is 6.61 Å². The third kappa shape index (κ3) is 5.70. The molecule has 0 fully saturated rings. The minimum absolute atomic E-state index is 0.00695. The van der Waals surface area contributed by atoms with E-state index in [9.17, 15) is 14.7 Å². The number of azide groups is 1. The molecule has 2 N–H and O–H groups in total. The summed E-state index contributed by atoms with van der Waals surface area (Å²) in [7, 11) is 1.10. The van der Waals surface area contributed by atoms with Gasteiger partial charge in [0, 0.05) is 4.91 Å². The van der Waals surface area contributed by atoms with Crippen molar-refractivity contribution in [3.05, 3.63) is 46.3 Å². The fraction of sp³-hybridized carbons (Fsp3) is 0.385. The minimum Gasteiger partial charge on any atom is -0.467 e. The number of carbonyl (C=O) groups excluding carboxylic acids is 2. The largest absolute Gasteiger partial charge is 0.467 e. The molecule has 0 aliphatic carbocycles. The normalized spacial score (nSPS) is 12.5. The first-order valence-electron chi connectivity index (χ1n) is 6.32. The first-order valence-corrected chi connectivity index (χ1v) is 6.32. The van der Waals surface area contributed by atoms with Crippen molar-refractivity contribution in [2.24, 2.45) is 5.11 Å². The van der Waals surface area contributed by atoms with Crippen molar-refractivity contribution in [2.75, 3.05) is 13.7 Å². The van der Waals surface area contributed by atoms with Crippen molar-refractivity contribution in [3.8, 4) is 0 Å². The molecule has 0 aromatic heterocycles. The number of hydrogen-bond acceptors (Lipinski definition) is 6. The number of rotatable bonds is 7. The minimum atomic E-state index is -1.42. The fourth-order valence-electron chi connectivity index (χ4n) is 1.56. The molecule has 0 saturated carbocycles. The van der Waals surface area contributed by atoms with E-state index in [2.05, 4.69) is 20.1 Å². The van der Waals surface area contributed by atoms with Gasteiger partial charge in [-0.3, -0.25) is 0 Å². The number of esters is 1. The molecule has 9 nitrogen and oxygen atoms in total. The smallest absolute Gasteiger partial charge is 0.408 e. The second-order valence-electron chi connectivity index (χ2n) is 4.19. The molecular formula is C13H16N4O5. The van der Waals surface area contributed by atoms with Crippen LogP contribution in [0, 0.1) is 0 Å². The number of ether oxygens (including phenoxy) is 2. The standard InChI is InChI=1S/C13H16N4O5/c1-21-12(19)11(10(18)7-15-17-14)16-13(20)22-8-9-5-3-2-4-6-9/h2-6,10-11,18H,7-8H2,1H3,(H,16,20)/t10-,11+/m1/s1. The molecule has 118 valence electrons. The molecule has 0 heterocycles. The molecule has 0 aliphatic heterocycles. The fourth-order valence-corrected chi connectivity index (χ4v) is 1.56. The van der Waals surface area contributed by atoms with Crippen LogP contribution in [0.25, 0.3) is 10.4 Å². The van der Waals surface area contributed by atoms with Crippen LogP contribution in [0.15, 0.2) is 35.4 Å². The van der Waals surface area contributed by atoms with Crippen LogP contribution in [0.2, 0.25) is 0 Å². The Kier molecular flexibility index (Phi) is 7.24. The van der Waals surface area contributed by atoms with Crippen molar-refractivity contribution in [1.82, 2.24) is 5.32 Å². The number of methoxy groups -OCH3 is 1.